The van der Waals surface area contributed by atoms with Gasteiger partial charge in [0.05, 0.1) is 10.8 Å². The van der Waals surface area contributed by atoms with Crippen LogP contribution in [0, 0.1) is 12.8 Å². The molecule has 0 spiro atoms. The van der Waals surface area contributed by atoms with Crippen LogP contribution in [0.1, 0.15) is 26.3 Å². The predicted octanol–water partition coefficient (Wildman–Crippen LogP) is 3.66. The van der Waals surface area contributed by atoms with Crippen molar-refractivity contribution in [2.45, 2.75) is 32.6 Å². The summed E-state index contributed by atoms with van der Waals surface area (Å²) in [6.45, 7) is 8.27. The van der Waals surface area contributed by atoms with Crippen molar-refractivity contribution in [2.75, 3.05) is 0 Å². The van der Waals surface area contributed by atoms with E-state index in [2.05, 4.69) is 13.8 Å². The minimum absolute atomic E-state index is 0.458. The van der Waals surface area contributed by atoms with Crippen LogP contribution >= 0.6 is 0 Å². The Morgan fingerprint density at radius 1 is 1.27 bits per heavy atom. The zero-order valence-corrected chi connectivity index (χ0v) is 10.6. The fraction of sp³-hybridized carbons (Fsp3) is 0.385. The van der Waals surface area contributed by atoms with Gasteiger partial charge in [0.2, 0.25) is 0 Å². The van der Waals surface area contributed by atoms with Crippen LogP contribution in [0.3, 0.4) is 0 Å². The number of allylic oxidation sites excluding steroid dienone is 1. The Morgan fingerprint density at radius 2 is 1.80 bits per heavy atom. The molecule has 1 unspecified atom stereocenters. The van der Waals surface area contributed by atoms with Crippen LogP contribution in [0.15, 0.2) is 40.1 Å². The molecule has 0 aromatic heterocycles. The molecule has 15 heavy (non-hydrogen) atoms. The Hall–Kier alpha value is -0.890. The molecule has 82 valence electrons. The molecule has 2 heteroatoms. The zero-order valence-electron chi connectivity index (χ0n) is 9.78. The smallest absolute Gasteiger partial charge is 0.0775 e. The molecule has 0 aliphatic rings. The average Bonchev–Trinajstić information content (AvgIpc) is 2.18. The number of aryl methyl sites for hydroxylation is 1. The van der Waals surface area contributed by atoms with Crippen molar-refractivity contribution >= 4 is 10.8 Å². The van der Waals surface area contributed by atoms with Crippen LogP contribution in [-0.2, 0) is 10.8 Å². The van der Waals surface area contributed by atoms with Gasteiger partial charge in [-0.1, -0.05) is 37.1 Å². The first-order valence-corrected chi connectivity index (χ1v) is 6.37. The number of hydrogen-bond donors (Lipinski definition) is 0. The third-order valence-electron chi connectivity index (χ3n) is 2.46. The second-order valence-corrected chi connectivity index (χ2v) is 5.43. The van der Waals surface area contributed by atoms with Gasteiger partial charge in [-0.3, -0.25) is 0 Å². The summed E-state index contributed by atoms with van der Waals surface area (Å²) in [6.07, 6.45) is 0. The molecular weight excluding hydrogens is 204 g/mol. The van der Waals surface area contributed by atoms with Crippen molar-refractivity contribution in [2.24, 2.45) is 5.92 Å². The van der Waals surface area contributed by atoms with Gasteiger partial charge in [0.1, 0.15) is 0 Å². The average molecular weight is 222 g/mol. The first kappa shape index (κ1) is 12.2. The molecule has 0 amide bonds. The lowest BCUT2D eigenvalue weighted by Gasteiger charge is -2.04. The summed E-state index contributed by atoms with van der Waals surface area (Å²) in [4.78, 5) is 0.876. The Balaban J connectivity index is 2.86. The van der Waals surface area contributed by atoms with E-state index in [1.54, 1.807) is 0 Å². The maximum absolute atomic E-state index is 11.9. The van der Waals surface area contributed by atoms with E-state index in [-0.39, 0.29) is 0 Å². The van der Waals surface area contributed by atoms with E-state index in [1.807, 2.05) is 43.5 Å². The monoisotopic (exact) mass is 222 g/mol. The van der Waals surface area contributed by atoms with Gasteiger partial charge in [-0.2, -0.15) is 0 Å². The van der Waals surface area contributed by atoms with Gasteiger partial charge in [0.25, 0.3) is 0 Å². The van der Waals surface area contributed by atoms with E-state index >= 15 is 0 Å². The van der Waals surface area contributed by atoms with Crippen LogP contribution < -0.4 is 0 Å². The van der Waals surface area contributed by atoms with Crippen molar-refractivity contribution in [3.05, 3.63) is 40.8 Å². The van der Waals surface area contributed by atoms with Crippen molar-refractivity contribution < 1.29 is 4.21 Å². The Bertz CT molecular complexity index is 374. The maximum atomic E-state index is 11.9. The van der Waals surface area contributed by atoms with E-state index in [9.17, 15) is 4.21 Å². The highest BCUT2D eigenvalue weighted by Crippen LogP contribution is 2.14. The molecule has 0 aliphatic heterocycles. The van der Waals surface area contributed by atoms with Crippen molar-refractivity contribution in [3.63, 3.8) is 0 Å². The first-order chi connectivity index (χ1) is 7.00. The van der Waals surface area contributed by atoms with E-state index < -0.39 is 10.8 Å². The molecule has 1 aromatic carbocycles. The van der Waals surface area contributed by atoms with Gasteiger partial charge in [-0.05, 0) is 31.9 Å². The van der Waals surface area contributed by atoms with Crippen LogP contribution in [0.4, 0.5) is 0 Å². The predicted molar refractivity (Wildman–Crippen MR) is 66.2 cm³/mol. The van der Waals surface area contributed by atoms with Gasteiger partial charge < -0.3 is 0 Å². The van der Waals surface area contributed by atoms with Gasteiger partial charge >= 0.3 is 0 Å². The third-order valence-corrected chi connectivity index (χ3v) is 3.78. The Morgan fingerprint density at radius 3 is 2.27 bits per heavy atom. The highest BCUT2D eigenvalue weighted by molar-refractivity contribution is 7.88. The third kappa shape index (κ3) is 3.63. The standard InChI is InChI=1S/C13H18OS/c1-10(2)12(4)9-15(14)13-7-5-11(3)6-8-13/h5-10H,1-4H3/b12-9-. The van der Waals surface area contributed by atoms with E-state index in [0.717, 1.165) is 4.90 Å². The molecule has 0 heterocycles. The topological polar surface area (TPSA) is 17.1 Å². The molecule has 1 nitrogen and oxygen atoms in total. The Kier molecular flexibility index (Phi) is 4.28. The molecule has 0 saturated carbocycles. The quantitative estimate of drug-likeness (QED) is 0.762. The molecule has 0 radical (unpaired) electrons. The summed E-state index contributed by atoms with van der Waals surface area (Å²) in [5.74, 6) is 0.458. The van der Waals surface area contributed by atoms with Gasteiger partial charge in [-0.25, -0.2) is 4.21 Å². The van der Waals surface area contributed by atoms with Crippen LogP contribution in [0.5, 0.6) is 0 Å². The highest BCUT2D eigenvalue weighted by Gasteiger charge is 2.02. The van der Waals surface area contributed by atoms with Crippen LogP contribution in [0.2, 0.25) is 0 Å². The van der Waals surface area contributed by atoms with Crippen LogP contribution in [-0.4, -0.2) is 4.21 Å². The van der Waals surface area contributed by atoms with E-state index in [0.29, 0.717) is 5.92 Å². The molecule has 1 atom stereocenters. The normalized spacial score (nSPS) is 14.3. The second kappa shape index (κ2) is 5.26. The number of hydrogen-bond acceptors (Lipinski definition) is 1. The van der Waals surface area contributed by atoms with Gasteiger partial charge in [0.15, 0.2) is 0 Å². The summed E-state index contributed by atoms with van der Waals surface area (Å²) < 4.78 is 11.9. The summed E-state index contributed by atoms with van der Waals surface area (Å²) >= 11 is 0. The largest absolute Gasteiger partial charge is 0.250 e. The molecule has 0 aliphatic carbocycles. The minimum Gasteiger partial charge on any atom is -0.250 e. The molecule has 0 N–H and O–H groups in total. The van der Waals surface area contributed by atoms with Crippen molar-refractivity contribution in [1.82, 2.24) is 0 Å². The molecule has 1 aromatic rings. The number of benzene rings is 1. The molecule has 0 saturated heterocycles. The van der Waals surface area contributed by atoms with Crippen molar-refractivity contribution in [3.8, 4) is 0 Å². The molecule has 1 rings (SSSR count). The lowest BCUT2D eigenvalue weighted by molar-refractivity contribution is 0.687. The molecule has 0 bridgehead atoms. The lowest BCUT2D eigenvalue weighted by atomic mass is 10.1. The first-order valence-electron chi connectivity index (χ1n) is 5.16. The summed E-state index contributed by atoms with van der Waals surface area (Å²) in [6, 6.07) is 7.84. The van der Waals surface area contributed by atoms with Crippen LogP contribution in [0.25, 0.3) is 0 Å². The van der Waals surface area contributed by atoms with Gasteiger partial charge in [0, 0.05) is 10.3 Å². The fourth-order valence-electron chi connectivity index (χ4n) is 1.05. The van der Waals surface area contributed by atoms with Gasteiger partial charge in [-0.15, -0.1) is 0 Å². The SMILES string of the molecule is C/C(=C/S(=O)c1ccc(C)cc1)C(C)C. The van der Waals surface area contributed by atoms with Crippen molar-refractivity contribution in [1.29, 1.82) is 0 Å². The van der Waals surface area contributed by atoms with E-state index in [4.69, 9.17) is 0 Å². The fourth-order valence-corrected chi connectivity index (χ4v) is 2.20. The number of rotatable bonds is 3. The highest BCUT2D eigenvalue weighted by atomic mass is 32.2. The summed E-state index contributed by atoms with van der Waals surface area (Å²) in [5, 5.41) is 1.84. The molecular formula is C13H18OS. The zero-order chi connectivity index (χ0) is 11.4. The lowest BCUT2D eigenvalue weighted by Crippen LogP contribution is -1.93. The maximum Gasteiger partial charge on any atom is 0.0775 e. The summed E-state index contributed by atoms with van der Waals surface area (Å²) in [7, 11) is -1.00. The second-order valence-electron chi connectivity index (χ2n) is 4.13. The minimum atomic E-state index is -1.00. The molecule has 0 fully saturated rings. The van der Waals surface area contributed by atoms with E-state index in [1.165, 1.54) is 11.1 Å². The Labute approximate surface area is 94.7 Å². The summed E-state index contributed by atoms with van der Waals surface area (Å²) in [5.41, 5.74) is 2.37.